The van der Waals surface area contributed by atoms with Crippen LogP contribution in [0, 0.1) is 0 Å². The molecule has 7 heteroatoms. The molecular weight excluding hydrogens is 392 g/mol. The molecule has 0 aliphatic heterocycles. The monoisotopic (exact) mass is 408 g/mol. The predicted octanol–water partition coefficient (Wildman–Crippen LogP) is 4.33. The van der Waals surface area contributed by atoms with Gasteiger partial charge in [-0.2, -0.15) is 5.10 Å². The van der Waals surface area contributed by atoms with Gasteiger partial charge >= 0.3 is 5.97 Å². The summed E-state index contributed by atoms with van der Waals surface area (Å²) in [6.07, 6.45) is 1.36. The lowest BCUT2D eigenvalue weighted by molar-refractivity contribution is 0.0734. The van der Waals surface area contributed by atoms with Crippen molar-refractivity contribution in [2.24, 2.45) is 5.10 Å². The van der Waals surface area contributed by atoms with E-state index in [0.29, 0.717) is 27.5 Å². The molecule has 0 bridgehead atoms. The van der Waals surface area contributed by atoms with Crippen LogP contribution in [0.5, 0.6) is 11.5 Å². The highest BCUT2D eigenvalue weighted by Gasteiger charge is 2.12. The van der Waals surface area contributed by atoms with Crippen molar-refractivity contribution in [1.82, 2.24) is 5.43 Å². The maximum Gasteiger partial charge on any atom is 0.343 e. The molecule has 3 aromatic rings. The van der Waals surface area contributed by atoms with E-state index in [1.165, 1.54) is 6.21 Å². The van der Waals surface area contributed by atoms with Gasteiger partial charge in [-0.1, -0.05) is 29.8 Å². The summed E-state index contributed by atoms with van der Waals surface area (Å²) in [6, 6.07) is 19.9. The smallest absolute Gasteiger partial charge is 0.343 e. The van der Waals surface area contributed by atoms with E-state index in [0.717, 1.165) is 0 Å². The van der Waals surface area contributed by atoms with Gasteiger partial charge in [0.2, 0.25) is 0 Å². The molecule has 0 heterocycles. The topological polar surface area (TPSA) is 77.0 Å². The lowest BCUT2D eigenvalue weighted by atomic mass is 10.2. The fourth-order valence-corrected chi connectivity index (χ4v) is 2.59. The van der Waals surface area contributed by atoms with Crippen LogP contribution in [0.1, 0.15) is 26.3 Å². The van der Waals surface area contributed by atoms with Crippen LogP contribution in [-0.2, 0) is 0 Å². The van der Waals surface area contributed by atoms with E-state index in [1.54, 1.807) is 73.8 Å². The summed E-state index contributed by atoms with van der Waals surface area (Å²) in [5.74, 6) is -0.0125. The minimum Gasteiger partial charge on any atom is -0.497 e. The van der Waals surface area contributed by atoms with Crippen LogP contribution in [0.4, 0.5) is 0 Å². The van der Waals surface area contributed by atoms with E-state index in [4.69, 9.17) is 21.1 Å². The molecule has 1 amide bonds. The van der Waals surface area contributed by atoms with Gasteiger partial charge in [-0.25, -0.2) is 10.2 Å². The summed E-state index contributed by atoms with van der Waals surface area (Å²) in [5, 5.41) is 4.37. The van der Waals surface area contributed by atoms with Gasteiger partial charge < -0.3 is 9.47 Å². The van der Waals surface area contributed by atoms with Gasteiger partial charge in [-0.05, 0) is 54.6 Å². The Bertz CT molecular complexity index is 1030. The Morgan fingerprint density at radius 2 is 1.69 bits per heavy atom. The molecule has 0 unspecified atom stereocenters. The quantitative estimate of drug-likeness (QED) is 0.285. The van der Waals surface area contributed by atoms with Crippen LogP contribution in [0.25, 0.3) is 0 Å². The molecule has 0 saturated heterocycles. The second kappa shape index (κ2) is 9.52. The van der Waals surface area contributed by atoms with Gasteiger partial charge in [-0.3, -0.25) is 4.79 Å². The maximum atomic E-state index is 12.4. The van der Waals surface area contributed by atoms with Gasteiger partial charge in [-0.15, -0.1) is 0 Å². The van der Waals surface area contributed by atoms with Crippen LogP contribution >= 0.6 is 11.6 Å². The molecule has 0 spiro atoms. The van der Waals surface area contributed by atoms with Crippen molar-refractivity contribution in [3.05, 3.63) is 94.5 Å². The van der Waals surface area contributed by atoms with Crippen molar-refractivity contribution in [3.63, 3.8) is 0 Å². The number of hydrogen-bond acceptors (Lipinski definition) is 5. The first kappa shape index (κ1) is 20.1. The van der Waals surface area contributed by atoms with E-state index in [1.807, 2.05) is 6.07 Å². The molecule has 146 valence electrons. The second-order valence-corrected chi connectivity index (χ2v) is 6.30. The minimum atomic E-state index is -0.544. The molecule has 0 aromatic heterocycles. The Morgan fingerprint density at radius 1 is 0.966 bits per heavy atom. The Morgan fingerprint density at radius 3 is 2.38 bits per heavy atom. The molecule has 3 aromatic carbocycles. The largest absolute Gasteiger partial charge is 0.497 e. The first-order valence-electron chi connectivity index (χ1n) is 8.61. The molecule has 3 rings (SSSR count). The highest BCUT2D eigenvalue weighted by Crippen LogP contribution is 2.23. The number of hydrogen-bond donors (Lipinski definition) is 1. The first-order chi connectivity index (χ1) is 14.1. The minimum absolute atomic E-state index is 0.257. The Kier molecular flexibility index (Phi) is 6.60. The molecule has 0 aliphatic rings. The second-order valence-electron chi connectivity index (χ2n) is 5.87. The zero-order valence-electron chi connectivity index (χ0n) is 15.5. The first-order valence-corrected chi connectivity index (χ1v) is 8.99. The number of methoxy groups -OCH3 is 1. The van der Waals surface area contributed by atoms with Gasteiger partial charge in [0.05, 0.1) is 18.9 Å². The lowest BCUT2D eigenvalue weighted by Gasteiger charge is -2.08. The van der Waals surface area contributed by atoms with E-state index in [-0.39, 0.29) is 11.7 Å². The SMILES string of the molecule is COc1ccc(C(=O)Oc2ccc(Cl)cc2/C=N/NC(=O)c2ccccc2)cc1. The molecule has 0 aliphatic carbocycles. The van der Waals surface area contributed by atoms with Crippen LogP contribution in [0.15, 0.2) is 77.9 Å². The lowest BCUT2D eigenvalue weighted by Crippen LogP contribution is -2.17. The van der Waals surface area contributed by atoms with E-state index < -0.39 is 5.97 Å². The Hall–Kier alpha value is -3.64. The fraction of sp³-hybridized carbons (Fsp3) is 0.0455. The highest BCUT2D eigenvalue weighted by atomic mass is 35.5. The number of nitrogens with zero attached hydrogens (tertiary/aromatic N) is 1. The summed E-state index contributed by atoms with van der Waals surface area (Å²) in [7, 11) is 1.54. The van der Waals surface area contributed by atoms with Gasteiger partial charge in [0.25, 0.3) is 5.91 Å². The summed E-state index contributed by atoms with van der Waals surface area (Å²) >= 11 is 6.04. The molecule has 1 N–H and O–H groups in total. The van der Waals surface area contributed by atoms with E-state index in [2.05, 4.69) is 10.5 Å². The predicted molar refractivity (Wildman–Crippen MR) is 111 cm³/mol. The third kappa shape index (κ3) is 5.43. The normalized spacial score (nSPS) is 10.6. The number of halogens is 1. The molecule has 0 radical (unpaired) electrons. The number of rotatable bonds is 6. The summed E-state index contributed by atoms with van der Waals surface area (Å²) < 4.78 is 10.5. The maximum absolute atomic E-state index is 12.4. The number of nitrogens with one attached hydrogen (secondary N) is 1. The Labute approximate surface area is 172 Å². The number of ether oxygens (including phenoxy) is 2. The number of benzene rings is 3. The van der Waals surface area contributed by atoms with Crippen LogP contribution in [0.2, 0.25) is 5.02 Å². The average molecular weight is 409 g/mol. The third-order valence-corrected chi connectivity index (χ3v) is 4.14. The molecule has 0 atom stereocenters. The number of carbonyl (C=O) groups is 2. The molecular formula is C22H17ClN2O4. The molecule has 0 saturated carbocycles. The zero-order valence-corrected chi connectivity index (χ0v) is 16.2. The Balaban J connectivity index is 1.73. The van der Waals surface area contributed by atoms with Gasteiger partial charge in [0, 0.05) is 16.1 Å². The van der Waals surface area contributed by atoms with Crippen LogP contribution in [0.3, 0.4) is 0 Å². The molecule has 29 heavy (non-hydrogen) atoms. The fourth-order valence-electron chi connectivity index (χ4n) is 2.41. The van der Waals surface area contributed by atoms with Crippen LogP contribution < -0.4 is 14.9 Å². The van der Waals surface area contributed by atoms with Crippen molar-refractivity contribution < 1.29 is 19.1 Å². The van der Waals surface area contributed by atoms with Crippen molar-refractivity contribution in [1.29, 1.82) is 0 Å². The average Bonchev–Trinajstić information content (AvgIpc) is 2.76. The van der Waals surface area contributed by atoms with Crippen LogP contribution in [-0.4, -0.2) is 25.2 Å². The summed E-state index contributed by atoms with van der Waals surface area (Å²) in [5.41, 5.74) is 3.70. The zero-order chi connectivity index (χ0) is 20.6. The number of hydrazone groups is 1. The number of carbonyl (C=O) groups excluding carboxylic acids is 2. The molecule has 0 fully saturated rings. The third-order valence-electron chi connectivity index (χ3n) is 3.91. The molecule has 6 nitrogen and oxygen atoms in total. The van der Waals surface area contributed by atoms with E-state index in [9.17, 15) is 9.59 Å². The van der Waals surface area contributed by atoms with Crippen molar-refractivity contribution in [2.45, 2.75) is 0 Å². The van der Waals surface area contributed by atoms with Crippen molar-refractivity contribution >= 4 is 29.7 Å². The van der Waals surface area contributed by atoms with Gasteiger partial charge in [0.15, 0.2) is 0 Å². The van der Waals surface area contributed by atoms with Crippen molar-refractivity contribution in [2.75, 3.05) is 7.11 Å². The summed E-state index contributed by atoms with van der Waals surface area (Å²) in [6.45, 7) is 0. The highest BCUT2D eigenvalue weighted by molar-refractivity contribution is 6.31. The number of amides is 1. The summed E-state index contributed by atoms with van der Waals surface area (Å²) in [4.78, 5) is 24.5. The van der Waals surface area contributed by atoms with Gasteiger partial charge in [0.1, 0.15) is 11.5 Å². The van der Waals surface area contributed by atoms with Crippen molar-refractivity contribution in [3.8, 4) is 11.5 Å². The van der Waals surface area contributed by atoms with E-state index >= 15 is 0 Å². The number of esters is 1. The standard InChI is InChI=1S/C22H17ClN2O4/c1-28-19-10-7-16(8-11-19)22(27)29-20-12-9-18(23)13-17(20)14-24-25-21(26)15-5-3-2-4-6-15/h2-14H,1H3,(H,25,26)/b24-14+.